The molecule has 5 heteroatoms. The summed E-state index contributed by atoms with van der Waals surface area (Å²) in [4.78, 5) is 23.9. The Morgan fingerprint density at radius 2 is 2.16 bits per heavy atom. The number of methoxy groups -OCH3 is 1. The lowest BCUT2D eigenvalue weighted by atomic mass is 10.0. The maximum Gasteiger partial charge on any atom is 0.257 e. The first-order valence-electron chi connectivity index (χ1n) is 8.79. The Bertz CT molecular complexity index is 773. The minimum Gasteiger partial charge on any atom is -0.497 e. The predicted octanol–water partition coefficient (Wildman–Crippen LogP) is 3.89. The topological polar surface area (TPSA) is 55.3 Å². The lowest BCUT2D eigenvalue weighted by molar-refractivity contribution is 0.0733. The van der Waals surface area contributed by atoms with Crippen LogP contribution in [0.2, 0.25) is 0 Å². The Kier molecular flexibility index (Phi) is 5.02. The van der Waals surface area contributed by atoms with Gasteiger partial charge in [0.25, 0.3) is 5.91 Å². The van der Waals surface area contributed by atoms with E-state index in [4.69, 9.17) is 4.74 Å². The molecule has 1 aliphatic rings. The standard InChI is InChI=1S/C20H25N3O2/c1-13(2)19-21-12-17(14(3)22-19)20(24)23-10-6-9-18(23)15-7-5-8-16(11-15)25-4/h5,7-8,11-13,18H,6,9-10H2,1-4H3/t18-/m1/s1. The van der Waals surface area contributed by atoms with Crippen molar-refractivity contribution in [1.82, 2.24) is 14.9 Å². The number of carbonyl (C=O) groups excluding carboxylic acids is 1. The van der Waals surface area contributed by atoms with Crippen molar-refractivity contribution in [3.05, 3.63) is 53.1 Å². The third-order valence-corrected chi connectivity index (χ3v) is 4.74. The average Bonchev–Trinajstić information content (AvgIpc) is 3.10. The molecule has 0 N–H and O–H groups in total. The molecule has 1 aliphatic heterocycles. The SMILES string of the molecule is COc1cccc([C@H]2CCCN2C(=O)c2cnc(C(C)C)nc2C)c1. The quantitative estimate of drug-likeness (QED) is 0.848. The zero-order valence-corrected chi connectivity index (χ0v) is 15.3. The fourth-order valence-corrected chi connectivity index (χ4v) is 3.33. The molecule has 2 aromatic rings. The lowest BCUT2D eigenvalue weighted by Crippen LogP contribution is -2.31. The molecule has 0 unspecified atom stereocenters. The van der Waals surface area contributed by atoms with Crippen LogP contribution in [0.15, 0.2) is 30.5 Å². The molecule has 1 saturated heterocycles. The lowest BCUT2D eigenvalue weighted by Gasteiger charge is -2.26. The molecular weight excluding hydrogens is 314 g/mol. The van der Waals surface area contributed by atoms with Crippen LogP contribution in [0.5, 0.6) is 5.75 Å². The number of ether oxygens (including phenoxy) is 1. The Balaban J connectivity index is 1.88. The second kappa shape index (κ2) is 7.21. The normalized spacial score (nSPS) is 17.2. The van der Waals surface area contributed by atoms with Gasteiger partial charge in [0.1, 0.15) is 11.6 Å². The molecule has 1 fully saturated rings. The van der Waals surface area contributed by atoms with Crippen LogP contribution in [0.1, 0.15) is 66.1 Å². The van der Waals surface area contributed by atoms with Crippen LogP contribution in [-0.4, -0.2) is 34.4 Å². The number of amides is 1. The number of likely N-dealkylation sites (tertiary alicyclic amines) is 1. The van der Waals surface area contributed by atoms with E-state index in [1.165, 1.54) is 0 Å². The molecule has 1 amide bonds. The molecule has 3 rings (SSSR count). The monoisotopic (exact) mass is 339 g/mol. The molecule has 5 nitrogen and oxygen atoms in total. The molecule has 0 saturated carbocycles. The molecule has 1 aromatic heterocycles. The van der Waals surface area contributed by atoms with Crippen molar-refractivity contribution in [2.24, 2.45) is 0 Å². The summed E-state index contributed by atoms with van der Waals surface area (Å²) in [5.41, 5.74) is 2.46. The zero-order valence-electron chi connectivity index (χ0n) is 15.3. The van der Waals surface area contributed by atoms with E-state index in [2.05, 4.69) is 29.9 Å². The number of hydrogen-bond acceptors (Lipinski definition) is 4. The van der Waals surface area contributed by atoms with Gasteiger partial charge < -0.3 is 9.64 Å². The van der Waals surface area contributed by atoms with Crippen LogP contribution in [-0.2, 0) is 0 Å². The summed E-state index contributed by atoms with van der Waals surface area (Å²) in [6.07, 6.45) is 3.64. The van der Waals surface area contributed by atoms with Crippen LogP contribution in [0.4, 0.5) is 0 Å². The molecule has 132 valence electrons. The van der Waals surface area contributed by atoms with Gasteiger partial charge in [-0.15, -0.1) is 0 Å². The molecule has 0 spiro atoms. The summed E-state index contributed by atoms with van der Waals surface area (Å²) in [6.45, 7) is 6.74. The number of aryl methyl sites for hydroxylation is 1. The van der Waals surface area contributed by atoms with Gasteiger partial charge in [-0.25, -0.2) is 9.97 Å². The van der Waals surface area contributed by atoms with Crippen LogP contribution >= 0.6 is 0 Å². The Morgan fingerprint density at radius 3 is 2.84 bits per heavy atom. The van der Waals surface area contributed by atoms with E-state index >= 15 is 0 Å². The van der Waals surface area contributed by atoms with Gasteiger partial charge in [-0.05, 0) is 37.5 Å². The Morgan fingerprint density at radius 1 is 1.36 bits per heavy atom. The van der Waals surface area contributed by atoms with Gasteiger partial charge in [0.15, 0.2) is 0 Å². The van der Waals surface area contributed by atoms with E-state index in [1.807, 2.05) is 30.0 Å². The second-order valence-electron chi connectivity index (χ2n) is 6.82. The summed E-state index contributed by atoms with van der Waals surface area (Å²) >= 11 is 0. The third-order valence-electron chi connectivity index (χ3n) is 4.74. The summed E-state index contributed by atoms with van der Waals surface area (Å²) in [5.74, 6) is 1.86. The highest BCUT2D eigenvalue weighted by atomic mass is 16.5. The van der Waals surface area contributed by atoms with Crippen molar-refractivity contribution in [2.45, 2.75) is 45.6 Å². The number of rotatable bonds is 4. The molecule has 1 atom stereocenters. The van der Waals surface area contributed by atoms with E-state index in [0.717, 1.165) is 42.2 Å². The van der Waals surface area contributed by atoms with E-state index < -0.39 is 0 Å². The van der Waals surface area contributed by atoms with Crippen molar-refractivity contribution >= 4 is 5.91 Å². The van der Waals surface area contributed by atoms with E-state index in [9.17, 15) is 4.79 Å². The van der Waals surface area contributed by atoms with Crippen molar-refractivity contribution in [2.75, 3.05) is 13.7 Å². The van der Waals surface area contributed by atoms with Gasteiger partial charge in [0.2, 0.25) is 0 Å². The number of carbonyl (C=O) groups is 1. The smallest absolute Gasteiger partial charge is 0.257 e. The fourth-order valence-electron chi connectivity index (χ4n) is 3.33. The summed E-state index contributed by atoms with van der Waals surface area (Å²) in [5, 5.41) is 0. The molecule has 0 radical (unpaired) electrons. The molecule has 1 aromatic carbocycles. The van der Waals surface area contributed by atoms with Gasteiger partial charge in [-0.2, -0.15) is 0 Å². The molecule has 2 heterocycles. The number of aromatic nitrogens is 2. The molecule has 0 aliphatic carbocycles. The second-order valence-corrected chi connectivity index (χ2v) is 6.82. The average molecular weight is 339 g/mol. The molecule has 0 bridgehead atoms. The van der Waals surface area contributed by atoms with Crippen LogP contribution in [0, 0.1) is 6.92 Å². The minimum absolute atomic E-state index is 0.0122. The van der Waals surface area contributed by atoms with Crippen LogP contribution < -0.4 is 4.74 Å². The van der Waals surface area contributed by atoms with Gasteiger partial charge in [0.05, 0.1) is 24.4 Å². The highest BCUT2D eigenvalue weighted by molar-refractivity contribution is 5.95. The van der Waals surface area contributed by atoms with Crippen molar-refractivity contribution < 1.29 is 9.53 Å². The first-order valence-corrected chi connectivity index (χ1v) is 8.79. The van der Waals surface area contributed by atoms with Gasteiger partial charge in [-0.3, -0.25) is 4.79 Å². The summed E-state index contributed by atoms with van der Waals surface area (Å²) in [7, 11) is 1.66. The largest absolute Gasteiger partial charge is 0.497 e. The van der Waals surface area contributed by atoms with Gasteiger partial charge >= 0.3 is 0 Å². The van der Waals surface area contributed by atoms with Crippen molar-refractivity contribution in [3.63, 3.8) is 0 Å². The molecule has 25 heavy (non-hydrogen) atoms. The van der Waals surface area contributed by atoms with Gasteiger partial charge in [-0.1, -0.05) is 26.0 Å². The zero-order chi connectivity index (χ0) is 18.0. The van der Waals surface area contributed by atoms with E-state index in [-0.39, 0.29) is 17.9 Å². The summed E-state index contributed by atoms with van der Waals surface area (Å²) < 4.78 is 5.33. The maximum atomic E-state index is 13.1. The van der Waals surface area contributed by atoms with Gasteiger partial charge in [0, 0.05) is 18.7 Å². The predicted molar refractivity (Wildman–Crippen MR) is 96.9 cm³/mol. The number of hydrogen-bond donors (Lipinski definition) is 0. The Hall–Kier alpha value is -2.43. The number of benzene rings is 1. The van der Waals surface area contributed by atoms with Crippen LogP contribution in [0.25, 0.3) is 0 Å². The maximum absolute atomic E-state index is 13.1. The first kappa shape index (κ1) is 17.4. The fraction of sp³-hybridized carbons (Fsp3) is 0.450. The minimum atomic E-state index is 0.0122. The summed E-state index contributed by atoms with van der Waals surface area (Å²) in [6, 6.07) is 8.05. The highest BCUT2D eigenvalue weighted by Crippen LogP contribution is 2.34. The first-order chi connectivity index (χ1) is 12.0. The molecular formula is C20H25N3O2. The van der Waals surface area contributed by atoms with Crippen molar-refractivity contribution in [1.29, 1.82) is 0 Å². The van der Waals surface area contributed by atoms with E-state index in [1.54, 1.807) is 13.3 Å². The third kappa shape index (κ3) is 3.50. The van der Waals surface area contributed by atoms with Crippen LogP contribution in [0.3, 0.4) is 0 Å². The van der Waals surface area contributed by atoms with E-state index in [0.29, 0.717) is 5.56 Å². The highest BCUT2D eigenvalue weighted by Gasteiger charge is 2.32. The number of nitrogens with zero attached hydrogens (tertiary/aromatic N) is 3. The Labute approximate surface area is 149 Å². The van der Waals surface area contributed by atoms with Crippen molar-refractivity contribution in [3.8, 4) is 5.75 Å².